The number of methoxy groups -OCH3 is 3. The Labute approximate surface area is 165 Å². The van der Waals surface area contributed by atoms with Crippen molar-refractivity contribution in [3.8, 4) is 11.5 Å². The van der Waals surface area contributed by atoms with Crippen molar-refractivity contribution < 1.29 is 45.5 Å². The van der Waals surface area contributed by atoms with Crippen LogP contribution in [0.3, 0.4) is 0 Å². The van der Waals surface area contributed by atoms with Gasteiger partial charge in [0.1, 0.15) is 0 Å². The molecular weight excluding hydrogens is 376 g/mol. The van der Waals surface area contributed by atoms with Crippen LogP contribution < -0.4 is 9.47 Å². The van der Waals surface area contributed by atoms with Crippen LogP contribution in [0, 0.1) is 20.0 Å². The summed E-state index contributed by atoms with van der Waals surface area (Å²) in [7, 11) is 5.12. The molecule has 0 aliphatic heterocycles. The third-order valence-corrected chi connectivity index (χ3v) is 3.82. The third kappa shape index (κ3) is 7.25. The molecule has 1 aliphatic carbocycles. The fraction of sp³-hybridized carbons (Fsp3) is 0.421. The quantitative estimate of drug-likeness (QED) is 0.574. The fourth-order valence-corrected chi connectivity index (χ4v) is 2.91. The summed E-state index contributed by atoms with van der Waals surface area (Å²) in [6.45, 7) is 16.3. The van der Waals surface area contributed by atoms with Gasteiger partial charge in [-0.05, 0) is 37.0 Å². The van der Waals surface area contributed by atoms with Crippen molar-refractivity contribution in [2.75, 3.05) is 27.9 Å². The summed E-state index contributed by atoms with van der Waals surface area (Å²) in [5.41, 5.74) is 3.87. The molecule has 0 spiro atoms. The maximum Gasteiger partial charge on any atom is 0 e. The number of fused-ring (bicyclic) bond motifs is 1. The molecule has 26 heavy (non-hydrogen) atoms. The molecule has 0 unspecified atom stereocenters. The Morgan fingerprint density at radius 1 is 1.04 bits per heavy atom. The molecule has 1 atom stereocenters. The second-order valence-corrected chi connectivity index (χ2v) is 4.77. The van der Waals surface area contributed by atoms with Gasteiger partial charge in [-0.15, -0.1) is 0 Å². The molecule has 0 saturated carbocycles. The Hall–Kier alpha value is -1.73. The molecule has 0 radical (unpaired) electrons. The Balaban J connectivity index is -0.000000686. The van der Waals surface area contributed by atoms with Gasteiger partial charge in [-0.2, -0.15) is 0 Å². The summed E-state index contributed by atoms with van der Waals surface area (Å²) < 4.78 is 38.9. The maximum absolute atomic E-state index is 7.50. The molecule has 140 valence electrons. The molecule has 6 nitrogen and oxygen atoms in total. The van der Waals surface area contributed by atoms with E-state index in [-0.39, 0.29) is 17.4 Å². The minimum atomic E-state index is 0. The second kappa shape index (κ2) is 18.1. The molecule has 0 heterocycles. The van der Waals surface area contributed by atoms with Crippen LogP contribution in [-0.4, -0.2) is 27.9 Å². The smallest absolute Gasteiger partial charge is 0 e. The molecule has 1 aromatic rings. The van der Waals surface area contributed by atoms with E-state index in [1.165, 1.54) is 16.7 Å². The van der Waals surface area contributed by atoms with Gasteiger partial charge in [0.05, 0.1) is 20.8 Å². The predicted octanol–water partition coefficient (Wildman–Crippen LogP) is 3.52. The van der Waals surface area contributed by atoms with Gasteiger partial charge in [0.15, 0.2) is 11.5 Å². The summed E-state index contributed by atoms with van der Waals surface area (Å²) in [6.07, 6.45) is 4.37. The SMILES string of the molecule is C/C=C1\CC[C@@H](COC)c2c1ccc(OC)c2OC.[C-]#[O+].[C-]#[O+].[C-]#[O+].[Cr]. The molecule has 0 bridgehead atoms. The van der Waals surface area contributed by atoms with Crippen molar-refractivity contribution in [2.45, 2.75) is 25.7 Å². The van der Waals surface area contributed by atoms with E-state index in [1.54, 1.807) is 21.3 Å². The first-order valence-corrected chi connectivity index (χ1v) is 7.27. The molecule has 1 aliphatic rings. The molecule has 0 aromatic heterocycles. The van der Waals surface area contributed by atoms with E-state index in [9.17, 15) is 0 Å². The number of ether oxygens (including phenoxy) is 3. The van der Waals surface area contributed by atoms with E-state index in [1.807, 2.05) is 6.07 Å². The molecule has 0 fully saturated rings. The van der Waals surface area contributed by atoms with Gasteiger partial charge < -0.3 is 14.2 Å². The summed E-state index contributed by atoms with van der Waals surface area (Å²) in [6, 6.07) is 4.12. The van der Waals surface area contributed by atoms with Gasteiger partial charge in [0.25, 0.3) is 0 Å². The van der Waals surface area contributed by atoms with Crippen LogP contribution in [0.5, 0.6) is 11.5 Å². The van der Waals surface area contributed by atoms with Crippen LogP contribution in [0.25, 0.3) is 5.57 Å². The Kier molecular flexibility index (Phi) is 20.2. The van der Waals surface area contributed by atoms with Gasteiger partial charge in [0.2, 0.25) is 0 Å². The number of hydrogen-bond donors (Lipinski definition) is 0. The zero-order valence-corrected chi connectivity index (χ0v) is 16.6. The van der Waals surface area contributed by atoms with Crippen molar-refractivity contribution >= 4 is 5.57 Å². The number of rotatable bonds is 4. The van der Waals surface area contributed by atoms with Gasteiger partial charge in [0, 0.05) is 36.0 Å². The molecule has 7 heteroatoms. The summed E-state index contributed by atoms with van der Waals surface area (Å²) in [5, 5.41) is 0. The first-order chi connectivity index (χ1) is 12.3. The largest absolute Gasteiger partial charge is 0 e. The Bertz CT molecular complexity index is 590. The zero-order valence-electron chi connectivity index (χ0n) is 15.3. The number of hydrogen-bond acceptors (Lipinski definition) is 3. The average Bonchev–Trinajstić information content (AvgIpc) is 2.71. The van der Waals surface area contributed by atoms with E-state index in [2.05, 4.69) is 39.0 Å². The van der Waals surface area contributed by atoms with Gasteiger partial charge in [-0.25, -0.2) is 0 Å². The molecular formula is C19H22CrO6. The van der Waals surface area contributed by atoms with Crippen LogP contribution in [0.4, 0.5) is 0 Å². The Morgan fingerprint density at radius 3 is 2.04 bits per heavy atom. The van der Waals surface area contributed by atoms with Crippen molar-refractivity contribution in [1.82, 2.24) is 0 Å². The number of benzene rings is 1. The molecule has 1 aromatic carbocycles. The van der Waals surface area contributed by atoms with Crippen LogP contribution in [0.1, 0.15) is 36.8 Å². The minimum Gasteiger partial charge on any atom is 0 e. The monoisotopic (exact) mass is 398 g/mol. The van der Waals surface area contributed by atoms with Crippen LogP contribution >= 0.6 is 0 Å². The zero-order chi connectivity index (χ0) is 19.8. The van der Waals surface area contributed by atoms with Crippen molar-refractivity contribution in [2.24, 2.45) is 0 Å². The predicted molar refractivity (Wildman–Crippen MR) is 88.8 cm³/mol. The summed E-state index contributed by atoms with van der Waals surface area (Å²) >= 11 is 0. The van der Waals surface area contributed by atoms with Gasteiger partial charge in [-0.1, -0.05) is 12.1 Å². The second-order valence-electron chi connectivity index (χ2n) is 4.77. The van der Waals surface area contributed by atoms with E-state index < -0.39 is 0 Å². The van der Waals surface area contributed by atoms with Crippen LogP contribution in [-0.2, 0) is 36.1 Å². The van der Waals surface area contributed by atoms with Crippen LogP contribution in [0.15, 0.2) is 18.2 Å². The standard InChI is InChI=1S/C16H22O3.3CO.Cr/c1-5-11-6-7-12(10-17-2)15-13(11)8-9-14(18-3)16(15)19-4;3*1-2;/h5,8-9,12H,6-7,10H2,1-4H3;;;;/b11-5+;;;;/t12-;;;;/m0..../s1. The molecule has 0 amide bonds. The normalized spacial score (nSPS) is 15.0. The van der Waals surface area contributed by atoms with Crippen LogP contribution in [0.2, 0.25) is 0 Å². The van der Waals surface area contributed by atoms with Crippen molar-refractivity contribution in [3.05, 3.63) is 49.3 Å². The summed E-state index contributed by atoms with van der Waals surface area (Å²) in [5.74, 6) is 2.01. The molecule has 0 N–H and O–H groups in total. The molecule has 2 rings (SSSR count). The van der Waals surface area contributed by atoms with E-state index >= 15 is 0 Å². The summed E-state index contributed by atoms with van der Waals surface area (Å²) in [4.78, 5) is 0. The van der Waals surface area contributed by atoms with E-state index in [4.69, 9.17) is 28.2 Å². The number of allylic oxidation sites excluding steroid dienone is 2. The van der Waals surface area contributed by atoms with Gasteiger partial charge >= 0.3 is 33.9 Å². The van der Waals surface area contributed by atoms with E-state index in [0.29, 0.717) is 12.5 Å². The maximum atomic E-state index is 7.50. The topological polar surface area (TPSA) is 87.4 Å². The third-order valence-electron chi connectivity index (χ3n) is 3.82. The first kappa shape index (κ1) is 29.1. The molecule has 0 saturated heterocycles. The minimum absolute atomic E-state index is 0. The Morgan fingerprint density at radius 2 is 1.62 bits per heavy atom. The average molecular weight is 398 g/mol. The van der Waals surface area contributed by atoms with Crippen molar-refractivity contribution in [1.29, 1.82) is 0 Å². The first-order valence-electron chi connectivity index (χ1n) is 7.27. The van der Waals surface area contributed by atoms with Crippen molar-refractivity contribution in [3.63, 3.8) is 0 Å². The fourth-order valence-electron chi connectivity index (χ4n) is 2.91. The van der Waals surface area contributed by atoms with E-state index in [0.717, 1.165) is 24.3 Å². The van der Waals surface area contributed by atoms with Gasteiger partial charge in [-0.3, -0.25) is 0 Å².